The van der Waals surface area contributed by atoms with E-state index in [2.05, 4.69) is 233 Å². The van der Waals surface area contributed by atoms with Crippen molar-refractivity contribution in [3.05, 3.63) is 260 Å². The van der Waals surface area contributed by atoms with Gasteiger partial charge in [-0.05, 0) is 246 Å². The van der Waals surface area contributed by atoms with Crippen molar-refractivity contribution >= 4 is 98.5 Å². The Morgan fingerprint density at radius 1 is 0.370 bits per heavy atom. The van der Waals surface area contributed by atoms with Crippen molar-refractivity contribution in [2.45, 2.75) is 203 Å². The lowest BCUT2D eigenvalue weighted by Crippen LogP contribution is -2.58. The van der Waals surface area contributed by atoms with Gasteiger partial charge in [0.1, 0.15) is 27.6 Å². The molecule has 11 saturated carbocycles. The maximum absolute atomic E-state index is 13.6. The predicted molar refractivity (Wildman–Crippen MR) is 472 cm³/mol. The van der Waals surface area contributed by atoms with Crippen molar-refractivity contribution in [3.8, 4) is 11.5 Å². The summed E-state index contributed by atoms with van der Waals surface area (Å²) in [5.74, 6) is -3.59. The van der Waals surface area contributed by atoms with E-state index in [1.807, 2.05) is 42.1 Å². The van der Waals surface area contributed by atoms with E-state index in [0.29, 0.717) is 31.1 Å². The minimum atomic E-state index is -6.73. The van der Waals surface area contributed by atoms with Gasteiger partial charge in [-0.15, -0.1) is 0 Å². The minimum Gasteiger partial charge on any atom is -0.743 e. The van der Waals surface area contributed by atoms with Gasteiger partial charge in [0.2, 0.25) is 9.79 Å². The van der Waals surface area contributed by atoms with Gasteiger partial charge in [-0.25, -0.2) is 25.3 Å². The van der Waals surface area contributed by atoms with E-state index in [1.165, 1.54) is 65.0 Å². The predicted octanol–water partition coefficient (Wildman–Crippen LogP) is 22.3. The molecule has 12 unspecified atom stereocenters. The van der Waals surface area contributed by atoms with Gasteiger partial charge in [-0.2, -0.15) is 65.9 Å². The first-order valence-corrected chi connectivity index (χ1v) is 53.1. The number of para-hydroxylation sites is 2. The molecule has 0 spiro atoms. The molecular formula is C99H87F15O17S7. The molecule has 9 aromatic carbocycles. The Morgan fingerprint density at radius 2 is 0.688 bits per heavy atom. The number of hydrogen-bond acceptors (Lipinski definition) is 18. The van der Waals surface area contributed by atoms with Crippen molar-refractivity contribution in [1.29, 1.82) is 0 Å². The molecule has 15 aliphatic rings. The molecule has 9 aromatic rings. The zero-order chi connectivity index (χ0) is 98.6. The monoisotopic (exact) mass is 2060 g/mol. The number of carbonyl (C=O) groups excluding carboxylic acids is 4. The number of alkyl halides is 15. The molecule has 0 saturated heterocycles. The number of ether oxygens (including phenoxy) is 4. The Kier molecular flexibility index (Phi) is 27.7. The normalized spacial score (nSPS) is 27.1. The van der Waals surface area contributed by atoms with Crippen LogP contribution in [-0.4, -0.2) is 115 Å². The summed E-state index contributed by atoms with van der Waals surface area (Å²) in [6.07, 6.45) is -19.6. The van der Waals surface area contributed by atoms with Crippen molar-refractivity contribution < 1.29 is 143 Å². The number of ketones is 1. The Morgan fingerprint density at radius 3 is 1.08 bits per heavy atom. The number of rotatable bonds is 15. The maximum atomic E-state index is 13.6. The summed E-state index contributed by atoms with van der Waals surface area (Å²) in [6.45, 7) is 0. The SMILES string of the molecule is O=C(OC(C(F)(F)F)C(F)(F)S(=O)(=O)[O-])C12CC3CC(CC(C3)C1)C2.O=C(OC(C(F)(F)F)C(F)(F)S(=O)(=O)[O-])C1CC2CC1C1C3C=CC(C3)C21.O=C1C2CC3CC1CC(C(=O)OC(C(F)(F)F)C(F)(F)S(=O)(=O)[O-])(C3)C2.c1ccc([S+]2c3ccccc3Cc3ccccc32)cc1.c1ccc([S+]2c3ccccc3Oc3ccccc32)cc1.c1ccc([S+]2c3ccccc3Sc3ccccc32)cc1. The van der Waals surface area contributed by atoms with E-state index in [9.17, 15) is 124 Å². The fourth-order valence-electron chi connectivity index (χ4n) is 23.4. The third-order valence-corrected chi connectivity index (χ3v) is 39.5. The van der Waals surface area contributed by atoms with E-state index < -0.39 is 129 Å². The molecule has 3 aliphatic heterocycles. The van der Waals surface area contributed by atoms with E-state index in [4.69, 9.17) is 4.74 Å². The average Bonchev–Trinajstić information content (AvgIpc) is 1.60. The fourth-order valence-corrected chi connectivity index (χ4v) is 33.1. The number of hydrogen-bond donors (Lipinski definition) is 0. The van der Waals surface area contributed by atoms with Gasteiger partial charge in [0, 0.05) is 29.4 Å². The van der Waals surface area contributed by atoms with E-state index in [1.54, 1.807) is 0 Å². The summed E-state index contributed by atoms with van der Waals surface area (Å²) in [4.78, 5) is 64.4. The quantitative estimate of drug-likeness (QED) is 0.0175. The van der Waals surface area contributed by atoms with Crippen LogP contribution in [0.1, 0.15) is 101 Å². The molecule has 17 nitrogen and oxygen atoms in total. The van der Waals surface area contributed by atoms with Crippen LogP contribution in [0.5, 0.6) is 11.5 Å². The second kappa shape index (κ2) is 38.2. The van der Waals surface area contributed by atoms with Crippen LogP contribution in [0.4, 0.5) is 65.9 Å². The Balaban J connectivity index is 0.000000115. The molecule has 732 valence electrons. The van der Waals surface area contributed by atoms with Gasteiger partial charge in [0.15, 0.2) is 76.1 Å². The van der Waals surface area contributed by atoms with Crippen molar-refractivity contribution in [1.82, 2.24) is 0 Å². The van der Waals surface area contributed by atoms with Gasteiger partial charge in [-0.1, -0.05) is 163 Å². The summed E-state index contributed by atoms with van der Waals surface area (Å²) in [5.41, 5.74) is 0.120. The lowest BCUT2D eigenvalue weighted by Gasteiger charge is -2.55. The van der Waals surface area contributed by atoms with Crippen LogP contribution in [0.3, 0.4) is 0 Å². The molecule has 3 heterocycles. The third kappa shape index (κ3) is 19.7. The fraction of sp³-hybridized carbons (Fsp3) is 0.394. The Hall–Kier alpha value is -9.32. The van der Waals surface area contributed by atoms with Crippen LogP contribution in [0.2, 0.25) is 0 Å². The summed E-state index contributed by atoms with van der Waals surface area (Å²) < 4.78 is 311. The number of halogens is 15. The number of fused-ring (bicyclic) bond motifs is 15. The highest BCUT2D eigenvalue weighted by Crippen LogP contribution is 2.68. The number of benzene rings is 9. The van der Waals surface area contributed by atoms with Gasteiger partial charge < -0.3 is 32.6 Å². The summed E-state index contributed by atoms with van der Waals surface area (Å²) in [7, 11) is -20.1. The molecule has 12 bridgehead atoms. The van der Waals surface area contributed by atoms with Crippen molar-refractivity contribution in [2.24, 2.45) is 87.8 Å². The van der Waals surface area contributed by atoms with Gasteiger partial charge >= 0.3 is 52.2 Å². The van der Waals surface area contributed by atoms with Crippen molar-refractivity contribution in [3.63, 3.8) is 0 Å². The van der Waals surface area contributed by atoms with E-state index in [-0.39, 0.29) is 131 Å². The van der Waals surface area contributed by atoms with E-state index >= 15 is 0 Å². The molecule has 12 aliphatic carbocycles. The van der Waals surface area contributed by atoms with Gasteiger partial charge in [-0.3, -0.25) is 19.2 Å². The average molecular weight is 2060 g/mol. The smallest absolute Gasteiger partial charge is 0.432 e. The zero-order valence-electron chi connectivity index (χ0n) is 72.5. The summed E-state index contributed by atoms with van der Waals surface area (Å²) >= 11 is 1.89. The van der Waals surface area contributed by atoms with Crippen LogP contribution in [-0.2, 0) is 103 Å². The molecule has 24 rings (SSSR count). The molecule has 11 fully saturated rings. The number of esters is 3. The molecule has 12 atom stereocenters. The lowest BCUT2D eigenvalue weighted by atomic mass is 9.49. The zero-order valence-corrected chi connectivity index (χ0v) is 78.2. The lowest BCUT2D eigenvalue weighted by molar-refractivity contribution is -0.266. The Bertz CT molecular complexity index is 5970. The van der Waals surface area contributed by atoms with E-state index in [0.717, 1.165) is 43.6 Å². The molecule has 39 heteroatoms. The second-order valence-corrected chi connectivity index (χ2v) is 48.5. The van der Waals surface area contributed by atoms with Gasteiger partial charge in [0.05, 0.1) is 37.4 Å². The molecule has 0 aromatic heterocycles. The standard InChI is InChI=1S/C19H15S.C18H13OS.C18H13S2.C16H17F5O5S.C14H15F5O6S.C14H17F5O5S/c1-2-10-17(11-3-1)20-18-12-6-4-8-15(18)14-16-9-5-7-13-19(16)20;2*1-2-8-14(9-3-1)20-17-12-6-4-10-15(17)19-16-11-5-7-13-18(16)20;17-15(18,19)14(16(20,21)27(23,24)25)26-13(22)10-5-8-4-9(10)12-7-2-1-6(3-7)11(8)12;15-13(16,17)10(14(18,19)26(22,23)24)25-11(21)12-3-6-1-7(4-12)9(20)8(2-6)5-12;15-13(16,17)10(14(18,19)25(21,22)23)24-11(20)12-4-7-1-8(5-12)3-9(2-7)6-12/h1-13H,14H2;2*1-13H;1-2,6-12,14H,3-5H2,(H,23,24,25);6-8,10H,1-5H2,(H,22,23,24);7-10H,1-6H2,(H,21,22,23)/q3*+1;;;/p-3. The first kappa shape index (κ1) is 100. The van der Waals surface area contributed by atoms with Gasteiger partial charge in [0.25, 0.3) is 18.3 Å². The van der Waals surface area contributed by atoms with Crippen LogP contribution in [0, 0.1) is 87.8 Å². The third-order valence-electron chi connectivity index (χ3n) is 28.4. The molecule has 0 radical (unpaired) electrons. The molecule has 0 amide bonds. The first-order valence-electron chi connectivity index (χ1n) is 44.3. The maximum Gasteiger partial charge on any atom is 0.432 e. The van der Waals surface area contributed by atoms with Crippen LogP contribution in [0.25, 0.3) is 0 Å². The largest absolute Gasteiger partial charge is 0.743 e. The molecule has 0 N–H and O–H groups in total. The molecule has 138 heavy (non-hydrogen) atoms. The first-order chi connectivity index (χ1) is 65.0. The second-order valence-electron chi connectivity index (χ2n) is 37.1. The van der Waals surface area contributed by atoms with Crippen LogP contribution in [0.15, 0.2) is 303 Å². The Labute approximate surface area is 797 Å². The highest BCUT2D eigenvalue weighted by Gasteiger charge is 2.70. The highest BCUT2D eigenvalue weighted by molar-refractivity contribution is 8.04. The van der Waals surface area contributed by atoms with Crippen LogP contribution < -0.4 is 4.74 Å². The van der Waals surface area contributed by atoms with Crippen molar-refractivity contribution in [2.75, 3.05) is 0 Å². The number of Topliss-reactive ketones (excluding diaryl/α,β-unsaturated/α-hetero) is 1. The minimum absolute atomic E-state index is 0.0212. The topological polar surface area (TPSA) is 277 Å². The highest BCUT2D eigenvalue weighted by atomic mass is 32.2. The molecular weight excluding hydrogens is 1970 g/mol. The van der Waals surface area contributed by atoms with Crippen LogP contribution >= 0.6 is 11.8 Å². The summed E-state index contributed by atoms with van der Waals surface area (Å²) in [6, 6.07) is 84.4. The number of allylic oxidation sites excluding steroid dienone is 2. The summed E-state index contributed by atoms with van der Waals surface area (Å²) in [5, 5.41) is -17.4. The number of carbonyl (C=O) groups is 4.